The Balaban J connectivity index is 1.76. The molecule has 1 aromatic carbocycles. The summed E-state index contributed by atoms with van der Waals surface area (Å²) in [4.78, 5) is 2.58. The smallest absolute Gasteiger partial charge is 0.0346 e. The lowest BCUT2D eigenvalue weighted by atomic mass is 10.1. The number of fused-ring (bicyclic) bond motifs is 1. The van der Waals surface area contributed by atoms with Crippen LogP contribution >= 0.6 is 11.3 Å². The predicted octanol–water partition coefficient (Wildman–Crippen LogP) is 3.09. The van der Waals surface area contributed by atoms with E-state index in [-0.39, 0.29) is 0 Å². The van der Waals surface area contributed by atoms with Gasteiger partial charge < -0.3 is 5.32 Å². The van der Waals surface area contributed by atoms with E-state index in [9.17, 15) is 0 Å². The molecule has 2 heterocycles. The lowest BCUT2D eigenvalue weighted by Crippen LogP contribution is -2.49. The molecule has 0 aliphatic carbocycles. The normalized spacial score (nSPS) is 21.5. The maximum atomic E-state index is 3.58. The minimum atomic E-state index is 0.670. The molecule has 1 aromatic heterocycles. The molecule has 1 aliphatic heterocycles. The van der Waals surface area contributed by atoms with Crippen LogP contribution in [0.25, 0.3) is 10.1 Å². The molecule has 1 unspecified atom stereocenters. The second-order valence-corrected chi connectivity index (χ2v) is 5.96. The maximum absolute atomic E-state index is 3.58. The van der Waals surface area contributed by atoms with E-state index in [0.717, 1.165) is 13.1 Å². The van der Waals surface area contributed by atoms with E-state index in [4.69, 9.17) is 0 Å². The Morgan fingerprint density at radius 1 is 1.39 bits per heavy atom. The molecule has 0 amide bonds. The van der Waals surface area contributed by atoms with Gasteiger partial charge in [0.25, 0.3) is 0 Å². The van der Waals surface area contributed by atoms with Gasteiger partial charge in [-0.3, -0.25) is 4.90 Å². The molecule has 3 heteroatoms. The Morgan fingerprint density at radius 3 is 3.17 bits per heavy atom. The number of nitrogens with zero attached hydrogens (tertiary/aromatic N) is 1. The minimum Gasteiger partial charge on any atom is -0.311 e. The van der Waals surface area contributed by atoms with Gasteiger partial charge in [-0.1, -0.05) is 25.1 Å². The molecular formula is C15H20N2S. The van der Waals surface area contributed by atoms with E-state index in [1.54, 1.807) is 0 Å². The first-order valence-corrected chi connectivity index (χ1v) is 7.65. The van der Waals surface area contributed by atoms with Gasteiger partial charge in [-0.05, 0) is 28.8 Å². The Hall–Kier alpha value is -0.900. The van der Waals surface area contributed by atoms with Crippen LogP contribution in [-0.2, 0) is 6.54 Å². The molecule has 1 atom stereocenters. The summed E-state index contributed by atoms with van der Waals surface area (Å²) in [6.45, 7) is 6.84. The Bertz CT molecular complexity index is 520. The van der Waals surface area contributed by atoms with Gasteiger partial charge in [0.05, 0.1) is 0 Å². The second kappa shape index (κ2) is 5.39. The van der Waals surface area contributed by atoms with Crippen molar-refractivity contribution >= 4 is 21.4 Å². The van der Waals surface area contributed by atoms with Crippen molar-refractivity contribution in [1.29, 1.82) is 0 Å². The van der Waals surface area contributed by atoms with Crippen molar-refractivity contribution in [2.45, 2.75) is 25.9 Å². The van der Waals surface area contributed by atoms with E-state index >= 15 is 0 Å². The number of nitrogens with one attached hydrogen (secondary N) is 1. The highest BCUT2D eigenvalue weighted by molar-refractivity contribution is 7.17. The molecule has 1 fully saturated rings. The zero-order chi connectivity index (χ0) is 12.4. The number of hydrogen-bond donors (Lipinski definition) is 1. The molecule has 3 rings (SSSR count). The molecule has 96 valence electrons. The largest absolute Gasteiger partial charge is 0.311 e. The first-order valence-electron chi connectivity index (χ1n) is 6.77. The Kier molecular flexibility index (Phi) is 3.64. The van der Waals surface area contributed by atoms with Crippen molar-refractivity contribution in [3.63, 3.8) is 0 Å². The van der Waals surface area contributed by atoms with Crippen molar-refractivity contribution < 1.29 is 0 Å². The highest BCUT2D eigenvalue weighted by Crippen LogP contribution is 2.26. The first-order chi connectivity index (χ1) is 8.86. The fourth-order valence-electron chi connectivity index (χ4n) is 2.71. The zero-order valence-corrected chi connectivity index (χ0v) is 11.7. The van der Waals surface area contributed by atoms with E-state index in [1.165, 1.54) is 35.2 Å². The predicted molar refractivity (Wildman–Crippen MR) is 79.2 cm³/mol. The topological polar surface area (TPSA) is 15.3 Å². The first kappa shape index (κ1) is 12.2. The van der Waals surface area contributed by atoms with Crippen LogP contribution in [0.5, 0.6) is 0 Å². The van der Waals surface area contributed by atoms with Crippen molar-refractivity contribution in [1.82, 2.24) is 10.2 Å². The quantitative estimate of drug-likeness (QED) is 0.912. The molecule has 1 N–H and O–H groups in total. The van der Waals surface area contributed by atoms with Gasteiger partial charge in [0, 0.05) is 36.9 Å². The summed E-state index contributed by atoms with van der Waals surface area (Å²) >= 11 is 1.87. The van der Waals surface area contributed by atoms with E-state index in [2.05, 4.69) is 46.8 Å². The summed E-state index contributed by atoms with van der Waals surface area (Å²) < 4.78 is 1.41. The summed E-state index contributed by atoms with van der Waals surface area (Å²) in [5.41, 5.74) is 1.49. The fourth-order valence-corrected chi connectivity index (χ4v) is 3.66. The lowest BCUT2D eigenvalue weighted by Gasteiger charge is -2.33. The third-order valence-corrected chi connectivity index (χ3v) is 4.80. The lowest BCUT2D eigenvalue weighted by molar-refractivity contribution is 0.190. The maximum Gasteiger partial charge on any atom is 0.0346 e. The van der Waals surface area contributed by atoms with E-state index < -0.39 is 0 Å². The number of benzene rings is 1. The van der Waals surface area contributed by atoms with Crippen LogP contribution in [0.4, 0.5) is 0 Å². The van der Waals surface area contributed by atoms with Gasteiger partial charge in [-0.15, -0.1) is 11.3 Å². The summed E-state index contributed by atoms with van der Waals surface area (Å²) in [5.74, 6) is 0. The highest BCUT2D eigenvalue weighted by atomic mass is 32.1. The number of thiophene rings is 1. The van der Waals surface area contributed by atoms with Crippen LogP contribution in [0.3, 0.4) is 0 Å². The Morgan fingerprint density at radius 2 is 2.28 bits per heavy atom. The summed E-state index contributed by atoms with van der Waals surface area (Å²) in [5, 5.41) is 7.34. The van der Waals surface area contributed by atoms with Crippen molar-refractivity contribution in [2.75, 3.05) is 19.6 Å². The van der Waals surface area contributed by atoms with Gasteiger partial charge in [0.2, 0.25) is 0 Å². The van der Waals surface area contributed by atoms with Gasteiger partial charge in [-0.2, -0.15) is 0 Å². The average molecular weight is 260 g/mol. The van der Waals surface area contributed by atoms with Gasteiger partial charge in [0.1, 0.15) is 0 Å². The average Bonchev–Trinajstić information content (AvgIpc) is 2.83. The molecule has 0 spiro atoms. The monoisotopic (exact) mass is 260 g/mol. The molecule has 2 aromatic rings. The van der Waals surface area contributed by atoms with Crippen LogP contribution in [0.15, 0.2) is 29.6 Å². The minimum absolute atomic E-state index is 0.670. The molecule has 2 nitrogen and oxygen atoms in total. The van der Waals surface area contributed by atoms with Crippen LogP contribution in [0.1, 0.15) is 18.9 Å². The van der Waals surface area contributed by atoms with Gasteiger partial charge >= 0.3 is 0 Å². The van der Waals surface area contributed by atoms with Crippen molar-refractivity contribution in [3.8, 4) is 0 Å². The van der Waals surface area contributed by atoms with Crippen LogP contribution < -0.4 is 5.32 Å². The van der Waals surface area contributed by atoms with Crippen LogP contribution in [-0.4, -0.2) is 30.6 Å². The van der Waals surface area contributed by atoms with Crippen LogP contribution in [0, 0.1) is 0 Å². The highest BCUT2D eigenvalue weighted by Gasteiger charge is 2.18. The van der Waals surface area contributed by atoms with Crippen molar-refractivity contribution in [3.05, 3.63) is 35.2 Å². The van der Waals surface area contributed by atoms with Gasteiger partial charge in [-0.25, -0.2) is 0 Å². The summed E-state index contributed by atoms with van der Waals surface area (Å²) in [6, 6.07) is 9.41. The molecule has 1 aliphatic rings. The van der Waals surface area contributed by atoms with E-state index in [0.29, 0.717) is 6.04 Å². The van der Waals surface area contributed by atoms with E-state index in [1.807, 2.05) is 11.3 Å². The number of hydrogen-bond acceptors (Lipinski definition) is 3. The zero-order valence-electron chi connectivity index (χ0n) is 10.9. The SMILES string of the molecule is CCC1CN(Cc2csc3ccccc23)CCN1. The number of piperazine rings is 1. The van der Waals surface area contributed by atoms with Crippen LogP contribution in [0.2, 0.25) is 0 Å². The summed E-state index contributed by atoms with van der Waals surface area (Å²) in [7, 11) is 0. The fraction of sp³-hybridized carbons (Fsp3) is 0.467. The summed E-state index contributed by atoms with van der Waals surface area (Å²) in [6.07, 6.45) is 1.22. The second-order valence-electron chi connectivity index (χ2n) is 5.05. The molecule has 0 bridgehead atoms. The standard InChI is InChI=1S/C15H20N2S/c1-2-13-10-17(8-7-16-13)9-12-11-18-15-6-4-3-5-14(12)15/h3-6,11,13,16H,2,7-10H2,1H3. The molecule has 0 radical (unpaired) electrons. The molecule has 1 saturated heterocycles. The van der Waals surface area contributed by atoms with Gasteiger partial charge in [0.15, 0.2) is 0 Å². The molecule has 18 heavy (non-hydrogen) atoms. The van der Waals surface area contributed by atoms with Crippen molar-refractivity contribution in [2.24, 2.45) is 0 Å². The third-order valence-electron chi connectivity index (χ3n) is 3.79. The Labute approximate surface area is 113 Å². The number of rotatable bonds is 3. The molecular weight excluding hydrogens is 240 g/mol. The molecule has 0 saturated carbocycles. The third kappa shape index (κ3) is 2.44.